The van der Waals surface area contributed by atoms with E-state index in [-0.39, 0.29) is 40.6 Å². The molecule has 1 saturated heterocycles. The van der Waals surface area contributed by atoms with Crippen LogP contribution in [-0.2, 0) is 18.7 Å². The first-order valence-electron chi connectivity index (χ1n) is 11.0. The zero-order valence-electron chi connectivity index (χ0n) is 20.5. The van der Waals surface area contributed by atoms with Gasteiger partial charge in [0, 0.05) is 13.0 Å². The number of anilines is 1. The molecule has 33 heavy (non-hydrogen) atoms. The predicted octanol–water partition coefficient (Wildman–Crippen LogP) is 2.01. The molecule has 1 aliphatic heterocycles. The molecule has 2 aromatic heterocycles. The van der Waals surface area contributed by atoms with Gasteiger partial charge in [0.25, 0.3) is 5.56 Å². The van der Waals surface area contributed by atoms with Crippen LogP contribution in [0.5, 0.6) is 0 Å². The summed E-state index contributed by atoms with van der Waals surface area (Å²) in [7, 11) is -0.770. The Labute approximate surface area is 194 Å². The number of methoxy groups -OCH3 is 1. The normalized spacial score (nSPS) is 24.1. The van der Waals surface area contributed by atoms with Crippen molar-refractivity contribution in [1.29, 1.82) is 0 Å². The largest absolute Gasteiger partial charge is 0.407 e. The highest BCUT2D eigenvalue weighted by atomic mass is 28.4. The third-order valence-electron chi connectivity index (χ3n) is 6.35. The number of nitrogens with zero attached hydrogens (tertiary/aromatic N) is 3. The Morgan fingerprint density at radius 1 is 1.39 bits per heavy atom. The van der Waals surface area contributed by atoms with Gasteiger partial charge < -0.3 is 19.0 Å². The van der Waals surface area contributed by atoms with Crippen molar-refractivity contribution in [3.63, 3.8) is 0 Å². The summed E-state index contributed by atoms with van der Waals surface area (Å²) in [4.78, 5) is 35.9. The number of aromatic nitrogens is 4. The number of amides is 1. The smallest absolute Gasteiger partial charge is 0.280 e. The highest BCUT2D eigenvalue weighted by molar-refractivity contribution is 6.74. The van der Waals surface area contributed by atoms with Crippen molar-refractivity contribution in [2.45, 2.75) is 77.3 Å². The van der Waals surface area contributed by atoms with Gasteiger partial charge in [-0.15, -0.1) is 0 Å². The number of H-pyrrole nitrogens is 1. The molecule has 1 unspecified atom stereocenters. The van der Waals surface area contributed by atoms with Crippen LogP contribution in [0.4, 0.5) is 5.95 Å². The molecule has 0 spiro atoms. The first kappa shape index (κ1) is 25.5. The second-order valence-electron chi connectivity index (χ2n) is 10.2. The molecule has 0 aromatic carbocycles. The number of nitrogens with one attached hydrogen (secondary N) is 2. The summed E-state index contributed by atoms with van der Waals surface area (Å²) >= 11 is 0. The van der Waals surface area contributed by atoms with Crippen molar-refractivity contribution in [2.24, 2.45) is 5.92 Å². The Balaban J connectivity index is 2.05. The molecule has 0 saturated carbocycles. The quantitative estimate of drug-likeness (QED) is 0.510. The van der Waals surface area contributed by atoms with Crippen molar-refractivity contribution in [1.82, 2.24) is 19.5 Å². The number of ether oxygens (including phenoxy) is 2. The van der Waals surface area contributed by atoms with E-state index < -0.39 is 38.4 Å². The number of imidazole rings is 1. The van der Waals surface area contributed by atoms with Crippen LogP contribution in [-0.4, -0.2) is 70.9 Å². The van der Waals surface area contributed by atoms with Gasteiger partial charge in [0.05, 0.1) is 12.9 Å². The minimum Gasteiger partial charge on any atom is -0.407 e. The van der Waals surface area contributed by atoms with Gasteiger partial charge in [0.2, 0.25) is 11.9 Å². The van der Waals surface area contributed by atoms with E-state index in [1.807, 2.05) is 0 Å². The van der Waals surface area contributed by atoms with E-state index in [0.717, 1.165) is 0 Å². The van der Waals surface area contributed by atoms with Crippen LogP contribution in [0.2, 0.25) is 18.1 Å². The number of rotatable bonds is 7. The van der Waals surface area contributed by atoms with Gasteiger partial charge in [0.15, 0.2) is 25.7 Å². The van der Waals surface area contributed by atoms with Crippen LogP contribution in [0, 0.1) is 5.92 Å². The molecule has 3 rings (SSSR count). The monoisotopic (exact) mass is 481 g/mol. The SMILES string of the molecule is COC[C@H]1O[C@@H](n2cnc3c(=O)[nH]c(NC(=O)C(C)C)nc32)[C@@H](O[Si](C)(C)C(C)(C)C)C1O. The third-order valence-corrected chi connectivity index (χ3v) is 10.8. The Hall–Kier alpha value is -2.12. The first-order chi connectivity index (χ1) is 15.3. The highest BCUT2D eigenvalue weighted by Crippen LogP contribution is 2.42. The van der Waals surface area contributed by atoms with Gasteiger partial charge in [0.1, 0.15) is 18.3 Å². The number of carbonyl (C=O) groups excluding carboxylic acids is 1. The van der Waals surface area contributed by atoms with Gasteiger partial charge >= 0.3 is 0 Å². The summed E-state index contributed by atoms with van der Waals surface area (Å²) in [5, 5.41) is 13.6. The zero-order valence-corrected chi connectivity index (χ0v) is 21.5. The first-order valence-corrected chi connectivity index (χ1v) is 14.0. The number of fused-ring (bicyclic) bond motifs is 1. The van der Waals surface area contributed by atoms with Crippen LogP contribution in [0.15, 0.2) is 11.1 Å². The molecule has 12 heteroatoms. The second-order valence-corrected chi connectivity index (χ2v) is 15.0. The van der Waals surface area contributed by atoms with Gasteiger partial charge in [-0.3, -0.25) is 24.5 Å². The van der Waals surface area contributed by atoms with Gasteiger partial charge in [-0.1, -0.05) is 34.6 Å². The molecule has 0 aliphatic carbocycles. The average Bonchev–Trinajstić information content (AvgIpc) is 3.24. The number of aliphatic hydroxyl groups excluding tert-OH is 1. The molecule has 2 aromatic rings. The lowest BCUT2D eigenvalue weighted by Gasteiger charge is -2.40. The average molecular weight is 482 g/mol. The molecule has 3 heterocycles. The minimum atomic E-state index is -2.30. The summed E-state index contributed by atoms with van der Waals surface area (Å²) in [6.07, 6.45) is -1.66. The number of carbonyl (C=O) groups is 1. The van der Waals surface area contributed by atoms with Crippen LogP contribution in [0.25, 0.3) is 11.2 Å². The van der Waals surface area contributed by atoms with Crippen molar-refractivity contribution < 1.29 is 23.8 Å². The van der Waals surface area contributed by atoms with E-state index >= 15 is 0 Å². The van der Waals surface area contributed by atoms with Crippen LogP contribution in [0.3, 0.4) is 0 Å². The van der Waals surface area contributed by atoms with Crippen LogP contribution < -0.4 is 10.9 Å². The highest BCUT2D eigenvalue weighted by Gasteiger charge is 2.50. The summed E-state index contributed by atoms with van der Waals surface area (Å²) in [5.74, 6) is -0.557. The fraction of sp³-hybridized carbons (Fsp3) is 0.714. The fourth-order valence-electron chi connectivity index (χ4n) is 3.32. The summed E-state index contributed by atoms with van der Waals surface area (Å²) in [5.41, 5.74) is -0.180. The standard InChI is InChI=1S/C21H35N5O6Si/c1-11(2)17(28)24-20-23-16-13(18(29)25-20)22-10-26(16)19-15(14(27)12(31-19)9-30-6)32-33(7,8)21(3,4)5/h10-12,14-15,19,27H,9H2,1-8H3,(H2,23,24,25,28,29)/t12-,14?,15+,19-/m1/s1. The maximum Gasteiger partial charge on any atom is 0.280 e. The molecule has 184 valence electrons. The number of aliphatic hydroxyl groups is 1. The summed E-state index contributed by atoms with van der Waals surface area (Å²) in [6.45, 7) is 14.2. The third kappa shape index (κ3) is 5.04. The van der Waals surface area contributed by atoms with Gasteiger partial charge in [-0.25, -0.2) is 4.98 Å². The Bertz CT molecular complexity index is 1060. The van der Waals surface area contributed by atoms with E-state index in [9.17, 15) is 14.7 Å². The predicted molar refractivity (Wildman–Crippen MR) is 125 cm³/mol. The summed E-state index contributed by atoms with van der Waals surface area (Å²) < 4.78 is 19.5. The fourth-order valence-corrected chi connectivity index (χ4v) is 4.61. The van der Waals surface area contributed by atoms with Crippen molar-refractivity contribution in [3.8, 4) is 0 Å². The van der Waals surface area contributed by atoms with E-state index in [4.69, 9.17) is 13.9 Å². The molecule has 1 aliphatic rings. The molecule has 11 nitrogen and oxygen atoms in total. The lowest BCUT2D eigenvalue weighted by atomic mass is 10.1. The second kappa shape index (κ2) is 9.26. The molecule has 4 atom stereocenters. The van der Waals surface area contributed by atoms with Crippen LogP contribution >= 0.6 is 0 Å². The Kier molecular flexibility index (Phi) is 7.15. The van der Waals surface area contributed by atoms with Crippen molar-refractivity contribution in [3.05, 3.63) is 16.7 Å². The van der Waals surface area contributed by atoms with E-state index in [1.54, 1.807) is 18.4 Å². The van der Waals surface area contributed by atoms with Crippen molar-refractivity contribution >= 4 is 31.3 Å². The van der Waals surface area contributed by atoms with E-state index in [2.05, 4.69) is 54.1 Å². The Morgan fingerprint density at radius 2 is 2.06 bits per heavy atom. The number of hydrogen-bond donors (Lipinski definition) is 3. The molecular weight excluding hydrogens is 446 g/mol. The number of aromatic amines is 1. The maximum atomic E-state index is 12.6. The van der Waals surface area contributed by atoms with E-state index in [1.165, 1.54) is 13.4 Å². The summed E-state index contributed by atoms with van der Waals surface area (Å²) in [6, 6.07) is 0. The van der Waals surface area contributed by atoms with Crippen molar-refractivity contribution in [2.75, 3.05) is 19.0 Å². The molecular formula is C21H35N5O6Si. The lowest BCUT2D eigenvalue weighted by molar-refractivity contribution is -0.118. The molecule has 1 amide bonds. The molecule has 0 radical (unpaired) electrons. The van der Waals surface area contributed by atoms with Crippen LogP contribution in [0.1, 0.15) is 40.8 Å². The number of hydrogen-bond acceptors (Lipinski definition) is 8. The van der Waals surface area contributed by atoms with E-state index in [0.29, 0.717) is 0 Å². The molecule has 3 N–H and O–H groups in total. The molecule has 1 fully saturated rings. The molecule has 0 bridgehead atoms. The van der Waals surface area contributed by atoms with Gasteiger partial charge in [-0.05, 0) is 18.1 Å². The van der Waals surface area contributed by atoms with Gasteiger partial charge in [-0.2, -0.15) is 4.98 Å². The minimum absolute atomic E-state index is 0.0156. The topological polar surface area (TPSA) is 141 Å². The Morgan fingerprint density at radius 3 is 2.64 bits per heavy atom. The zero-order chi connectivity index (χ0) is 24.7. The lowest BCUT2D eigenvalue weighted by Crippen LogP contribution is -2.48. The maximum absolute atomic E-state index is 12.6.